The summed E-state index contributed by atoms with van der Waals surface area (Å²) in [6.45, 7) is 10.3. The van der Waals surface area contributed by atoms with Crippen LogP contribution >= 0.6 is 0 Å². The molecule has 0 heterocycles. The van der Waals surface area contributed by atoms with Crippen molar-refractivity contribution in [1.82, 2.24) is 0 Å². The molecular formula is C20H30O3. The third-order valence-electron chi connectivity index (χ3n) is 7.37. The van der Waals surface area contributed by atoms with Gasteiger partial charge < -0.3 is 10.2 Å². The molecule has 0 saturated heterocycles. The molecule has 0 amide bonds. The Labute approximate surface area is 139 Å². The molecular weight excluding hydrogens is 288 g/mol. The number of carboxylic acids is 1. The van der Waals surface area contributed by atoms with E-state index < -0.39 is 17.5 Å². The van der Waals surface area contributed by atoms with Crippen LogP contribution in [0.15, 0.2) is 24.3 Å². The zero-order valence-electron chi connectivity index (χ0n) is 14.6. The Morgan fingerprint density at radius 3 is 2.61 bits per heavy atom. The van der Waals surface area contributed by atoms with Crippen molar-refractivity contribution in [3.05, 3.63) is 24.3 Å². The van der Waals surface area contributed by atoms with Gasteiger partial charge in [-0.3, -0.25) is 4.79 Å². The number of carboxylic acid groups (broad SMARTS) is 1. The largest absolute Gasteiger partial charge is 0.481 e. The molecule has 128 valence electrons. The summed E-state index contributed by atoms with van der Waals surface area (Å²) in [6.07, 6.45) is 9.13. The molecule has 2 fully saturated rings. The number of fused-ring (bicyclic) bond motifs is 3. The SMILES string of the molecule is C=CC1(C)CCC2C(=CC(O)C3C(C)(C(=O)O)CCCC23C)C1. The van der Waals surface area contributed by atoms with E-state index in [9.17, 15) is 15.0 Å². The Kier molecular flexibility index (Phi) is 3.79. The van der Waals surface area contributed by atoms with E-state index in [4.69, 9.17) is 0 Å². The Morgan fingerprint density at radius 2 is 2.00 bits per heavy atom. The zero-order valence-corrected chi connectivity index (χ0v) is 14.6. The Balaban J connectivity index is 2.05. The van der Waals surface area contributed by atoms with Crippen LogP contribution in [0.5, 0.6) is 0 Å². The molecule has 0 aromatic rings. The van der Waals surface area contributed by atoms with E-state index >= 15 is 0 Å². The van der Waals surface area contributed by atoms with Crippen LogP contribution < -0.4 is 0 Å². The van der Waals surface area contributed by atoms with Crippen LogP contribution in [0.25, 0.3) is 0 Å². The predicted molar refractivity (Wildman–Crippen MR) is 90.9 cm³/mol. The summed E-state index contributed by atoms with van der Waals surface area (Å²) < 4.78 is 0. The fraction of sp³-hybridized carbons (Fsp3) is 0.750. The fourth-order valence-electron chi connectivity index (χ4n) is 6.03. The number of aliphatic hydroxyl groups excluding tert-OH is 1. The van der Waals surface area contributed by atoms with Gasteiger partial charge >= 0.3 is 5.97 Å². The summed E-state index contributed by atoms with van der Waals surface area (Å²) in [6, 6.07) is 0. The average molecular weight is 318 g/mol. The molecule has 23 heavy (non-hydrogen) atoms. The van der Waals surface area contributed by atoms with Crippen molar-refractivity contribution in [3.8, 4) is 0 Å². The van der Waals surface area contributed by atoms with E-state index in [-0.39, 0.29) is 16.7 Å². The minimum Gasteiger partial charge on any atom is -0.481 e. The van der Waals surface area contributed by atoms with Crippen LogP contribution in [0.4, 0.5) is 0 Å². The maximum Gasteiger partial charge on any atom is 0.309 e. The minimum absolute atomic E-state index is 0.107. The first-order chi connectivity index (χ1) is 10.7. The number of hydrogen-bond donors (Lipinski definition) is 2. The molecule has 3 heteroatoms. The summed E-state index contributed by atoms with van der Waals surface area (Å²) in [5, 5.41) is 20.7. The lowest BCUT2D eigenvalue weighted by atomic mass is 9.45. The number of aliphatic hydroxyl groups is 1. The van der Waals surface area contributed by atoms with Crippen molar-refractivity contribution in [1.29, 1.82) is 0 Å². The topological polar surface area (TPSA) is 57.5 Å². The third kappa shape index (κ3) is 2.31. The van der Waals surface area contributed by atoms with E-state index in [0.29, 0.717) is 12.3 Å². The lowest BCUT2D eigenvalue weighted by molar-refractivity contribution is -0.172. The van der Waals surface area contributed by atoms with E-state index in [0.717, 1.165) is 32.1 Å². The zero-order chi connectivity index (χ0) is 17.0. The minimum atomic E-state index is -0.826. The molecule has 0 aliphatic heterocycles. The average Bonchev–Trinajstić information content (AvgIpc) is 2.46. The van der Waals surface area contributed by atoms with Gasteiger partial charge in [0.2, 0.25) is 0 Å². The molecule has 0 bridgehead atoms. The molecule has 6 atom stereocenters. The van der Waals surface area contributed by atoms with Crippen LogP contribution in [0.1, 0.15) is 59.3 Å². The van der Waals surface area contributed by atoms with Gasteiger partial charge in [0.15, 0.2) is 0 Å². The monoisotopic (exact) mass is 318 g/mol. The molecule has 3 aliphatic carbocycles. The van der Waals surface area contributed by atoms with Gasteiger partial charge in [-0.15, -0.1) is 6.58 Å². The predicted octanol–water partition coefficient (Wildman–Crippen LogP) is 4.18. The van der Waals surface area contributed by atoms with Gasteiger partial charge in [0.1, 0.15) is 0 Å². The number of hydrogen-bond acceptors (Lipinski definition) is 2. The number of allylic oxidation sites excluding steroid dienone is 2. The van der Waals surface area contributed by atoms with Crippen molar-refractivity contribution in [2.24, 2.45) is 28.1 Å². The quantitative estimate of drug-likeness (QED) is 0.751. The number of aliphatic carboxylic acids is 1. The van der Waals surface area contributed by atoms with Gasteiger partial charge in [-0.2, -0.15) is 0 Å². The van der Waals surface area contributed by atoms with Crippen LogP contribution in [0.2, 0.25) is 0 Å². The molecule has 3 rings (SSSR count). The van der Waals surface area contributed by atoms with E-state index in [1.807, 2.05) is 19.1 Å². The molecule has 0 aromatic heterocycles. The van der Waals surface area contributed by atoms with Crippen LogP contribution in [-0.2, 0) is 4.79 Å². The number of carbonyl (C=O) groups is 1. The molecule has 3 aliphatic rings. The lowest BCUT2D eigenvalue weighted by Gasteiger charge is -2.59. The standard InChI is InChI=1S/C20H30O3/c1-5-18(2)10-7-14-13(12-18)11-15(21)16-19(14,3)8-6-9-20(16,4)17(22)23/h5,11,14-16,21H,1,6-10,12H2,2-4H3,(H,22,23). The smallest absolute Gasteiger partial charge is 0.309 e. The summed E-state index contributed by atoms with van der Waals surface area (Å²) in [5.41, 5.74) is 0.501. The highest BCUT2D eigenvalue weighted by molar-refractivity contribution is 5.75. The number of rotatable bonds is 2. The maximum atomic E-state index is 12.0. The summed E-state index contributed by atoms with van der Waals surface area (Å²) in [4.78, 5) is 12.0. The van der Waals surface area contributed by atoms with Crippen molar-refractivity contribution in [2.75, 3.05) is 0 Å². The molecule has 2 saturated carbocycles. The molecule has 2 N–H and O–H groups in total. The van der Waals surface area contributed by atoms with Crippen molar-refractivity contribution < 1.29 is 15.0 Å². The Bertz CT molecular complexity index is 565. The van der Waals surface area contributed by atoms with Gasteiger partial charge in [0.05, 0.1) is 11.5 Å². The van der Waals surface area contributed by atoms with Crippen molar-refractivity contribution in [2.45, 2.75) is 65.4 Å². The Hall–Kier alpha value is -1.09. The van der Waals surface area contributed by atoms with Crippen LogP contribution in [0, 0.1) is 28.1 Å². The second kappa shape index (κ2) is 5.20. The molecule has 0 radical (unpaired) electrons. The highest BCUT2D eigenvalue weighted by atomic mass is 16.4. The van der Waals surface area contributed by atoms with Crippen molar-refractivity contribution >= 4 is 5.97 Å². The van der Waals surface area contributed by atoms with Crippen LogP contribution in [0.3, 0.4) is 0 Å². The van der Waals surface area contributed by atoms with Gasteiger partial charge in [-0.25, -0.2) is 0 Å². The highest BCUT2D eigenvalue weighted by Crippen LogP contribution is 2.63. The van der Waals surface area contributed by atoms with E-state index in [1.165, 1.54) is 5.57 Å². The highest BCUT2D eigenvalue weighted by Gasteiger charge is 2.60. The Morgan fingerprint density at radius 1 is 1.30 bits per heavy atom. The second-order valence-corrected chi connectivity index (χ2v) is 8.92. The molecule has 6 unspecified atom stereocenters. The van der Waals surface area contributed by atoms with Gasteiger partial charge in [-0.05, 0) is 55.8 Å². The first-order valence-corrected chi connectivity index (χ1v) is 8.92. The van der Waals surface area contributed by atoms with Gasteiger partial charge in [0, 0.05) is 5.92 Å². The summed E-state index contributed by atoms with van der Waals surface area (Å²) in [7, 11) is 0. The summed E-state index contributed by atoms with van der Waals surface area (Å²) >= 11 is 0. The normalized spacial score (nSPS) is 49.6. The molecule has 3 nitrogen and oxygen atoms in total. The third-order valence-corrected chi connectivity index (χ3v) is 7.37. The lowest BCUT2D eigenvalue weighted by Crippen LogP contribution is -2.58. The first-order valence-electron chi connectivity index (χ1n) is 8.92. The fourth-order valence-corrected chi connectivity index (χ4v) is 6.03. The van der Waals surface area contributed by atoms with Gasteiger partial charge in [-0.1, -0.05) is 38.0 Å². The van der Waals surface area contributed by atoms with Crippen LogP contribution in [-0.4, -0.2) is 22.3 Å². The summed E-state index contributed by atoms with van der Waals surface area (Å²) in [5.74, 6) is -0.540. The van der Waals surface area contributed by atoms with E-state index in [2.05, 4.69) is 20.4 Å². The molecule has 0 aromatic carbocycles. The first kappa shape index (κ1) is 16.8. The van der Waals surface area contributed by atoms with Gasteiger partial charge in [0.25, 0.3) is 0 Å². The van der Waals surface area contributed by atoms with E-state index in [1.54, 1.807) is 0 Å². The molecule has 0 spiro atoms. The van der Waals surface area contributed by atoms with Crippen molar-refractivity contribution in [3.63, 3.8) is 0 Å². The second-order valence-electron chi connectivity index (χ2n) is 8.92. The maximum absolute atomic E-state index is 12.0.